The van der Waals surface area contributed by atoms with E-state index in [0.29, 0.717) is 0 Å². The number of nitrogens with one attached hydrogen (secondary N) is 1. The summed E-state index contributed by atoms with van der Waals surface area (Å²) in [4.78, 5) is 12.6. The topological polar surface area (TPSA) is 29.1 Å². The van der Waals surface area contributed by atoms with E-state index >= 15 is 0 Å². The Morgan fingerprint density at radius 1 is 1.50 bits per heavy atom. The van der Waals surface area contributed by atoms with Crippen LogP contribution in [0.4, 0.5) is 0 Å². The maximum Gasteiger partial charge on any atom is 0.253 e. The summed E-state index contributed by atoms with van der Waals surface area (Å²) in [5, 5.41) is 5.00. The van der Waals surface area contributed by atoms with Gasteiger partial charge in [-0.3, -0.25) is 4.79 Å². The van der Waals surface area contributed by atoms with Crippen LogP contribution in [0.5, 0.6) is 0 Å². The van der Waals surface area contributed by atoms with Crippen LogP contribution in [0.25, 0.3) is 0 Å². The average Bonchev–Trinajstić information content (AvgIpc) is 2.38. The van der Waals surface area contributed by atoms with Crippen LogP contribution in [-0.4, -0.2) is 5.91 Å². The molecule has 0 fully saturated rings. The van der Waals surface area contributed by atoms with Gasteiger partial charge in [-0.25, -0.2) is 0 Å². The number of fused-ring (bicyclic) bond motifs is 1. The third-order valence-electron chi connectivity index (χ3n) is 2.20. The Morgan fingerprint density at radius 3 is 2.75 bits per heavy atom. The number of carbonyl (C=O) groups is 1. The zero-order chi connectivity index (χ0) is 8.93. The minimum Gasteiger partial charge on any atom is -0.342 e. The van der Waals surface area contributed by atoms with E-state index in [2.05, 4.69) is 5.32 Å². The maximum atomic E-state index is 11.5. The summed E-state index contributed by atoms with van der Waals surface area (Å²) in [6.07, 6.45) is 0. The van der Waals surface area contributed by atoms with Crippen LogP contribution in [0.15, 0.2) is 5.38 Å². The van der Waals surface area contributed by atoms with E-state index in [1.165, 1.54) is 4.88 Å². The van der Waals surface area contributed by atoms with Gasteiger partial charge in [-0.05, 0) is 31.7 Å². The molecule has 0 spiro atoms. The monoisotopic (exact) mass is 181 g/mol. The van der Waals surface area contributed by atoms with E-state index in [9.17, 15) is 4.79 Å². The molecule has 1 N–H and O–H groups in total. The molecule has 1 aliphatic heterocycles. The van der Waals surface area contributed by atoms with Crippen molar-refractivity contribution in [1.29, 1.82) is 0 Å². The summed E-state index contributed by atoms with van der Waals surface area (Å²) in [7, 11) is 0. The third-order valence-corrected chi connectivity index (χ3v) is 3.62. The van der Waals surface area contributed by atoms with E-state index in [4.69, 9.17) is 0 Å². The van der Waals surface area contributed by atoms with E-state index in [1.54, 1.807) is 11.3 Å². The van der Waals surface area contributed by atoms with Crippen LogP contribution >= 0.6 is 11.3 Å². The molecule has 0 radical (unpaired) electrons. The Kier molecular flexibility index (Phi) is 1.37. The Bertz CT molecular complexity index is 351. The highest BCUT2D eigenvalue weighted by Crippen LogP contribution is 2.36. The number of amides is 1. The molecule has 64 valence electrons. The normalized spacial score (nSPS) is 19.1. The SMILES string of the molecule is Cc1csc2c1C(=O)NC2(C)C. The molecule has 1 aromatic rings. The van der Waals surface area contributed by atoms with Gasteiger partial charge in [0.1, 0.15) is 0 Å². The number of carbonyl (C=O) groups excluding carboxylic acids is 1. The lowest BCUT2D eigenvalue weighted by atomic mass is 10.0. The molecule has 3 heteroatoms. The van der Waals surface area contributed by atoms with Crippen molar-refractivity contribution < 1.29 is 4.79 Å². The van der Waals surface area contributed by atoms with Crippen LogP contribution in [0.2, 0.25) is 0 Å². The maximum absolute atomic E-state index is 11.5. The first-order valence-electron chi connectivity index (χ1n) is 3.93. The molecule has 2 heterocycles. The van der Waals surface area contributed by atoms with Crippen molar-refractivity contribution >= 4 is 17.2 Å². The Labute approximate surface area is 75.6 Å². The van der Waals surface area contributed by atoms with Crippen molar-refractivity contribution in [2.24, 2.45) is 0 Å². The first kappa shape index (κ1) is 7.80. The van der Waals surface area contributed by atoms with E-state index in [1.807, 2.05) is 26.2 Å². The number of thiophene rings is 1. The van der Waals surface area contributed by atoms with Gasteiger partial charge < -0.3 is 5.32 Å². The smallest absolute Gasteiger partial charge is 0.253 e. The van der Waals surface area contributed by atoms with Gasteiger partial charge in [0.15, 0.2) is 0 Å². The molecule has 0 atom stereocenters. The molecule has 0 unspecified atom stereocenters. The lowest BCUT2D eigenvalue weighted by Gasteiger charge is -2.16. The fraction of sp³-hybridized carbons (Fsp3) is 0.444. The van der Waals surface area contributed by atoms with Gasteiger partial charge >= 0.3 is 0 Å². The fourth-order valence-corrected chi connectivity index (χ4v) is 2.72. The highest BCUT2D eigenvalue weighted by Gasteiger charge is 2.37. The molecular formula is C9H11NOS. The van der Waals surface area contributed by atoms with Gasteiger partial charge in [-0.1, -0.05) is 0 Å². The molecule has 1 aliphatic rings. The number of hydrogen-bond acceptors (Lipinski definition) is 2. The van der Waals surface area contributed by atoms with E-state index in [0.717, 1.165) is 11.1 Å². The first-order valence-corrected chi connectivity index (χ1v) is 4.81. The zero-order valence-electron chi connectivity index (χ0n) is 7.39. The summed E-state index contributed by atoms with van der Waals surface area (Å²) >= 11 is 1.67. The summed E-state index contributed by atoms with van der Waals surface area (Å²) in [5.74, 6) is 0.0775. The molecule has 12 heavy (non-hydrogen) atoms. The van der Waals surface area contributed by atoms with Gasteiger partial charge in [0.2, 0.25) is 0 Å². The van der Waals surface area contributed by atoms with Crippen LogP contribution in [0.3, 0.4) is 0 Å². The van der Waals surface area contributed by atoms with Crippen molar-refractivity contribution in [3.05, 3.63) is 21.4 Å². The summed E-state index contributed by atoms with van der Waals surface area (Å²) < 4.78 is 0. The zero-order valence-corrected chi connectivity index (χ0v) is 8.21. The standard InChI is InChI=1S/C9H11NOS/c1-5-4-12-7-6(5)8(11)10-9(7,2)3/h4H,1-3H3,(H,10,11). The predicted molar refractivity (Wildman–Crippen MR) is 49.5 cm³/mol. The highest BCUT2D eigenvalue weighted by atomic mass is 32.1. The van der Waals surface area contributed by atoms with Crippen molar-refractivity contribution in [2.75, 3.05) is 0 Å². The van der Waals surface area contributed by atoms with Gasteiger partial charge in [0.25, 0.3) is 5.91 Å². The molecule has 0 aliphatic carbocycles. The number of rotatable bonds is 0. The van der Waals surface area contributed by atoms with Gasteiger partial charge in [-0.15, -0.1) is 11.3 Å². The second kappa shape index (κ2) is 2.10. The first-order chi connectivity index (χ1) is 5.52. The Balaban J connectivity index is 2.67. The van der Waals surface area contributed by atoms with Crippen molar-refractivity contribution in [3.8, 4) is 0 Å². The molecule has 2 nitrogen and oxygen atoms in total. The van der Waals surface area contributed by atoms with Crippen molar-refractivity contribution in [2.45, 2.75) is 26.3 Å². The largest absolute Gasteiger partial charge is 0.342 e. The number of aryl methyl sites for hydroxylation is 1. The average molecular weight is 181 g/mol. The fourth-order valence-electron chi connectivity index (χ4n) is 1.59. The summed E-state index contributed by atoms with van der Waals surface area (Å²) in [6.45, 7) is 6.05. The molecule has 1 amide bonds. The Hall–Kier alpha value is -0.830. The second-order valence-corrected chi connectivity index (χ2v) is 4.58. The predicted octanol–water partition coefficient (Wildman–Crippen LogP) is 2.04. The lowest BCUT2D eigenvalue weighted by Crippen LogP contribution is -2.32. The molecule has 0 aromatic carbocycles. The molecule has 0 saturated heterocycles. The third kappa shape index (κ3) is 0.829. The van der Waals surface area contributed by atoms with Crippen LogP contribution in [-0.2, 0) is 5.54 Å². The quantitative estimate of drug-likeness (QED) is 0.652. The molecular weight excluding hydrogens is 170 g/mol. The van der Waals surface area contributed by atoms with Crippen molar-refractivity contribution in [1.82, 2.24) is 5.32 Å². The molecule has 1 aromatic heterocycles. The molecule has 0 saturated carbocycles. The lowest BCUT2D eigenvalue weighted by molar-refractivity contribution is 0.0940. The van der Waals surface area contributed by atoms with Crippen LogP contribution in [0.1, 0.15) is 34.6 Å². The van der Waals surface area contributed by atoms with Crippen LogP contribution in [0, 0.1) is 6.92 Å². The number of hydrogen-bond donors (Lipinski definition) is 1. The Morgan fingerprint density at radius 2 is 2.17 bits per heavy atom. The molecule has 0 bridgehead atoms. The molecule has 2 rings (SSSR count). The van der Waals surface area contributed by atoms with Crippen molar-refractivity contribution in [3.63, 3.8) is 0 Å². The van der Waals surface area contributed by atoms with Gasteiger partial charge in [0, 0.05) is 4.88 Å². The second-order valence-electron chi connectivity index (χ2n) is 3.70. The van der Waals surface area contributed by atoms with Crippen LogP contribution < -0.4 is 5.32 Å². The minimum absolute atomic E-state index is 0.0775. The highest BCUT2D eigenvalue weighted by molar-refractivity contribution is 7.10. The minimum atomic E-state index is -0.161. The summed E-state index contributed by atoms with van der Waals surface area (Å²) in [5.41, 5.74) is 1.83. The van der Waals surface area contributed by atoms with Gasteiger partial charge in [0.05, 0.1) is 11.1 Å². The van der Waals surface area contributed by atoms with Gasteiger partial charge in [-0.2, -0.15) is 0 Å². The van der Waals surface area contributed by atoms with E-state index < -0.39 is 0 Å². The van der Waals surface area contributed by atoms with E-state index in [-0.39, 0.29) is 11.4 Å². The summed E-state index contributed by atoms with van der Waals surface area (Å²) in [6, 6.07) is 0.